The Labute approximate surface area is 204 Å². The molecule has 1 aliphatic carbocycles. The van der Waals surface area contributed by atoms with E-state index in [4.69, 9.17) is 10.5 Å². The van der Waals surface area contributed by atoms with E-state index in [9.17, 15) is 14.3 Å². The quantitative estimate of drug-likeness (QED) is 0.408. The van der Waals surface area contributed by atoms with E-state index in [1.54, 1.807) is 19.2 Å². The molecule has 6 nitrogen and oxygen atoms in total. The number of benzene rings is 1. The molecular formula is C27H44FN3O3. The van der Waals surface area contributed by atoms with Crippen molar-refractivity contribution in [3.8, 4) is 0 Å². The fraction of sp³-hybridized carbons (Fsp3) is 0.741. The van der Waals surface area contributed by atoms with Gasteiger partial charge in [-0.25, -0.2) is 9.18 Å². The predicted octanol–water partition coefficient (Wildman–Crippen LogP) is 4.55. The summed E-state index contributed by atoms with van der Waals surface area (Å²) in [5.74, 6) is 0.125. The average molecular weight is 478 g/mol. The third kappa shape index (κ3) is 7.40. The van der Waals surface area contributed by atoms with E-state index in [1.165, 1.54) is 44.2 Å². The van der Waals surface area contributed by atoms with Gasteiger partial charge in [-0.15, -0.1) is 0 Å². The smallest absolute Gasteiger partial charge is 0.317 e. The molecule has 1 saturated carbocycles. The Bertz CT molecular complexity index is 758. The molecule has 0 aromatic heterocycles. The molecule has 192 valence electrons. The van der Waals surface area contributed by atoms with Crippen LogP contribution in [0.15, 0.2) is 24.3 Å². The maximum atomic E-state index is 14.1. The first-order chi connectivity index (χ1) is 16.5. The number of unbranched alkanes of at least 4 members (excludes halogenated alkanes) is 1. The van der Waals surface area contributed by atoms with Gasteiger partial charge in [-0.05, 0) is 62.1 Å². The average Bonchev–Trinajstić information content (AvgIpc) is 2.86. The van der Waals surface area contributed by atoms with Crippen molar-refractivity contribution < 1.29 is 19.0 Å². The Morgan fingerprint density at radius 3 is 2.76 bits per heavy atom. The molecule has 34 heavy (non-hydrogen) atoms. The Morgan fingerprint density at radius 1 is 1.26 bits per heavy atom. The maximum absolute atomic E-state index is 14.1. The molecule has 1 heterocycles. The normalized spacial score (nSPS) is 22.2. The molecule has 1 saturated heterocycles. The summed E-state index contributed by atoms with van der Waals surface area (Å²) in [6.07, 6.45) is 10.9. The third-order valence-electron chi connectivity index (χ3n) is 7.82. The van der Waals surface area contributed by atoms with Gasteiger partial charge in [0.1, 0.15) is 5.82 Å². The number of likely N-dealkylation sites (tertiary alicyclic amines) is 1. The van der Waals surface area contributed by atoms with Gasteiger partial charge in [0.15, 0.2) is 0 Å². The van der Waals surface area contributed by atoms with Gasteiger partial charge in [-0.3, -0.25) is 0 Å². The van der Waals surface area contributed by atoms with E-state index in [2.05, 4.69) is 5.32 Å². The van der Waals surface area contributed by atoms with Crippen LogP contribution in [0.2, 0.25) is 0 Å². The van der Waals surface area contributed by atoms with Gasteiger partial charge in [0.2, 0.25) is 0 Å². The van der Waals surface area contributed by atoms with Crippen molar-refractivity contribution in [2.75, 3.05) is 33.4 Å². The fourth-order valence-electron chi connectivity index (χ4n) is 5.84. The number of carbonyl (C=O) groups excluding carboxylic acids is 1. The van der Waals surface area contributed by atoms with Gasteiger partial charge in [0.05, 0.1) is 5.60 Å². The molecule has 2 amide bonds. The number of rotatable bonds is 11. The van der Waals surface area contributed by atoms with Crippen molar-refractivity contribution in [2.45, 2.75) is 82.3 Å². The maximum Gasteiger partial charge on any atom is 0.317 e. The summed E-state index contributed by atoms with van der Waals surface area (Å²) in [4.78, 5) is 15.0. The van der Waals surface area contributed by atoms with Crippen LogP contribution in [-0.2, 0) is 10.3 Å². The van der Waals surface area contributed by atoms with Gasteiger partial charge < -0.3 is 25.8 Å². The Morgan fingerprint density at radius 2 is 2.06 bits per heavy atom. The summed E-state index contributed by atoms with van der Waals surface area (Å²) >= 11 is 0. The standard InChI is InChI=1S/C27H44FN3O3/c1-34-16-6-5-14-27(33,22-11-7-13-24(28)18-22)23-12-8-15-31(20-23)26(32)30-25(19-29)17-21-9-3-2-4-10-21/h7,11,13,18,21,23,25,33H,2-6,8-10,12,14-17,19-20,29H2,1H3,(H,30,32)/t23-,25+,27?/m1/s1. The van der Waals surface area contributed by atoms with Crippen molar-refractivity contribution in [3.63, 3.8) is 0 Å². The van der Waals surface area contributed by atoms with Crippen LogP contribution < -0.4 is 11.1 Å². The molecule has 3 rings (SSSR count). The molecule has 2 aliphatic rings. The number of nitrogens with zero attached hydrogens (tertiary/aromatic N) is 1. The summed E-state index contributed by atoms with van der Waals surface area (Å²) in [6, 6.07) is 6.16. The molecular weight excluding hydrogens is 433 g/mol. The van der Waals surface area contributed by atoms with Crippen molar-refractivity contribution in [2.24, 2.45) is 17.6 Å². The van der Waals surface area contributed by atoms with Gasteiger partial charge in [-0.2, -0.15) is 0 Å². The van der Waals surface area contributed by atoms with E-state index in [0.29, 0.717) is 44.1 Å². The number of hydrogen-bond donors (Lipinski definition) is 3. The number of methoxy groups -OCH3 is 1. The number of carbonyl (C=O) groups is 1. The van der Waals surface area contributed by atoms with Crippen molar-refractivity contribution in [1.29, 1.82) is 0 Å². The lowest BCUT2D eigenvalue weighted by Crippen LogP contribution is -2.53. The lowest BCUT2D eigenvalue weighted by Gasteiger charge is -2.43. The van der Waals surface area contributed by atoms with E-state index in [1.807, 2.05) is 4.90 Å². The van der Waals surface area contributed by atoms with Crippen molar-refractivity contribution in [3.05, 3.63) is 35.6 Å². The zero-order chi connectivity index (χ0) is 24.4. The second-order valence-electron chi connectivity index (χ2n) is 10.3. The summed E-state index contributed by atoms with van der Waals surface area (Å²) in [7, 11) is 1.67. The minimum Gasteiger partial charge on any atom is -0.385 e. The Hall–Kier alpha value is -1.70. The molecule has 1 aromatic carbocycles. The Balaban J connectivity index is 1.66. The molecule has 1 aromatic rings. The molecule has 1 aliphatic heterocycles. The SMILES string of the molecule is COCCCCC(O)(c1cccc(F)c1)[C@@H]1CCCN(C(=O)N[C@H](CN)CC2CCCCC2)C1. The van der Waals surface area contributed by atoms with Gasteiger partial charge in [0.25, 0.3) is 0 Å². The van der Waals surface area contributed by atoms with Crippen LogP contribution in [-0.4, -0.2) is 55.4 Å². The molecule has 7 heteroatoms. The number of aliphatic hydroxyl groups is 1. The number of ether oxygens (including phenoxy) is 1. The van der Waals surface area contributed by atoms with E-state index in [0.717, 1.165) is 32.1 Å². The van der Waals surface area contributed by atoms with Crippen LogP contribution in [0.25, 0.3) is 0 Å². The second kappa shape index (κ2) is 13.4. The fourth-order valence-corrected chi connectivity index (χ4v) is 5.84. The number of halogens is 1. The highest BCUT2D eigenvalue weighted by Gasteiger charge is 2.41. The minimum atomic E-state index is -1.19. The first-order valence-corrected chi connectivity index (χ1v) is 13.2. The highest BCUT2D eigenvalue weighted by Crippen LogP contribution is 2.40. The van der Waals surface area contributed by atoms with Gasteiger partial charge in [-0.1, -0.05) is 44.2 Å². The molecule has 3 atom stereocenters. The van der Waals surface area contributed by atoms with Crippen LogP contribution in [0.1, 0.15) is 76.2 Å². The van der Waals surface area contributed by atoms with Gasteiger partial charge >= 0.3 is 6.03 Å². The van der Waals surface area contributed by atoms with Crippen molar-refractivity contribution in [1.82, 2.24) is 10.2 Å². The van der Waals surface area contributed by atoms with Crippen LogP contribution in [0.5, 0.6) is 0 Å². The largest absolute Gasteiger partial charge is 0.385 e. The van der Waals surface area contributed by atoms with Crippen LogP contribution in [0.4, 0.5) is 9.18 Å². The van der Waals surface area contributed by atoms with E-state index >= 15 is 0 Å². The summed E-state index contributed by atoms with van der Waals surface area (Å²) in [6.45, 7) is 2.17. The first kappa shape index (κ1) is 26.9. The van der Waals surface area contributed by atoms with Crippen LogP contribution in [0.3, 0.4) is 0 Å². The monoisotopic (exact) mass is 477 g/mol. The molecule has 0 spiro atoms. The van der Waals surface area contributed by atoms with Gasteiger partial charge in [0, 0.05) is 45.3 Å². The minimum absolute atomic E-state index is 0.0212. The number of urea groups is 1. The van der Waals surface area contributed by atoms with Crippen LogP contribution in [0, 0.1) is 17.7 Å². The number of amides is 2. The number of hydrogen-bond acceptors (Lipinski definition) is 4. The molecule has 4 N–H and O–H groups in total. The topological polar surface area (TPSA) is 87.8 Å². The zero-order valence-electron chi connectivity index (χ0n) is 20.8. The van der Waals surface area contributed by atoms with Crippen molar-refractivity contribution >= 4 is 6.03 Å². The summed E-state index contributed by atoms with van der Waals surface area (Å²) < 4.78 is 19.2. The Kier molecular flexibility index (Phi) is 10.6. The highest BCUT2D eigenvalue weighted by molar-refractivity contribution is 5.74. The predicted molar refractivity (Wildman–Crippen MR) is 133 cm³/mol. The number of nitrogens with one attached hydrogen (secondary N) is 1. The molecule has 0 radical (unpaired) electrons. The van der Waals surface area contributed by atoms with E-state index < -0.39 is 5.60 Å². The first-order valence-electron chi connectivity index (χ1n) is 13.2. The number of piperidine rings is 1. The molecule has 0 bridgehead atoms. The second-order valence-corrected chi connectivity index (χ2v) is 10.3. The van der Waals surface area contributed by atoms with Crippen LogP contribution >= 0.6 is 0 Å². The number of nitrogens with two attached hydrogens (primary N) is 1. The zero-order valence-corrected chi connectivity index (χ0v) is 20.8. The molecule has 1 unspecified atom stereocenters. The van der Waals surface area contributed by atoms with E-state index in [-0.39, 0.29) is 23.8 Å². The lowest BCUT2D eigenvalue weighted by atomic mass is 9.74. The lowest BCUT2D eigenvalue weighted by molar-refractivity contribution is -0.0565. The third-order valence-corrected chi connectivity index (χ3v) is 7.82. The summed E-state index contributed by atoms with van der Waals surface area (Å²) in [5.41, 5.74) is 5.42. The highest BCUT2D eigenvalue weighted by atomic mass is 19.1. The summed E-state index contributed by atoms with van der Waals surface area (Å²) in [5, 5.41) is 15.1. The molecule has 2 fully saturated rings.